The van der Waals surface area contributed by atoms with Gasteiger partial charge in [0.1, 0.15) is 41.9 Å². The van der Waals surface area contributed by atoms with E-state index in [2.05, 4.69) is 72.7 Å². The van der Waals surface area contributed by atoms with Crippen LogP contribution in [0.15, 0.2) is 36.8 Å². The number of unbranched alkanes of at least 4 members (excludes halogenated alkanes) is 1. The van der Waals surface area contributed by atoms with Gasteiger partial charge in [0, 0.05) is 25.2 Å². The number of nitrogens with two attached hydrogens (primary N) is 1. The van der Waals surface area contributed by atoms with Crippen molar-refractivity contribution in [3.8, 4) is 0 Å². The fourth-order valence-corrected chi connectivity index (χ4v) is 5.35. The van der Waals surface area contributed by atoms with Gasteiger partial charge in [0.15, 0.2) is 6.23 Å². The summed E-state index contributed by atoms with van der Waals surface area (Å²) < 4.78 is 7.93. The van der Waals surface area contributed by atoms with Crippen LogP contribution in [-0.4, -0.2) is 77.1 Å². The topological polar surface area (TPSA) is 138 Å². The number of H-pyrrole nitrogens is 1. The third kappa shape index (κ3) is 5.65. The Hall–Kier alpha value is -3.05. The quantitative estimate of drug-likeness (QED) is 0.239. The summed E-state index contributed by atoms with van der Waals surface area (Å²) >= 11 is 0. The molecular formula is C29H41N7O3. The summed E-state index contributed by atoms with van der Waals surface area (Å²) in [5.74, 6) is 1.38. The second-order valence-corrected chi connectivity index (χ2v) is 12.0. The largest absolute Gasteiger partial charge is 0.387 e. The smallest absolute Gasteiger partial charge is 0.164 e. The van der Waals surface area contributed by atoms with E-state index in [1.807, 2.05) is 0 Å². The molecule has 0 spiro atoms. The number of fused-ring (bicyclic) bond motifs is 2. The number of aromatic nitrogens is 5. The number of hydrogen-bond donors (Lipinski definition) is 4. The van der Waals surface area contributed by atoms with Crippen molar-refractivity contribution >= 4 is 27.9 Å². The highest BCUT2D eigenvalue weighted by molar-refractivity contribution is 5.86. The minimum atomic E-state index is -1.08. The van der Waals surface area contributed by atoms with E-state index in [4.69, 9.17) is 15.5 Å². The van der Waals surface area contributed by atoms with Crippen LogP contribution in [-0.2, 0) is 16.6 Å². The average Bonchev–Trinajstić information content (AvgIpc) is 3.57. The number of nitrogens with zero attached hydrogens (tertiary/aromatic N) is 5. The molecule has 4 aromatic rings. The second-order valence-electron chi connectivity index (χ2n) is 12.0. The highest BCUT2D eigenvalue weighted by atomic mass is 16.6. The first kappa shape index (κ1) is 27.5. The van der Waals surface area contributed by atoms with Crippen LogP contribution in [0, 0.1) is 0 Å². The fraction of sp³-hybridized carbons (Fsp3) is 0.552. The summed E-state index contributed by atoms with van der Waals surface area (Å²) in [4.78, 5) is 18.9. The Bertz CT molecular complexity index is 1420. The van der Waals surface area contributed by atoms with E-state index in [0.29, 0.717) is 23.4 Å². The fourth-order valence-electron chi connectivity index (χ4n) is 5.35. The van der Waals surface area contributed by atoms with E-state index in [0.717, 1.165) is 42.7 Å². The monoisotopic (exact) mass is 535 g/mol. The van der Waals surface area contributed by atoms with Gasteiger partial charge in [-0.1, -0.05) is 26.8 Å². The summed E-state index contributed by atoms with van der Waals surface area (Å²) in [7, 11) is 0. The number of rotatable bonds is 9. The normalized spacial score (nSPS) is 22.2. The number of ether oxygens (including phenoxy) is 1. The van der Waals surface area contributed by atoms with Crippen LogP contribution >= 0.6 is 0 Å². The van der Waals surface area contributed by atoms with Crippen LogP contribution in [0.5, 0.6) is 0 Å². The Labute approximate surface area is 229 Å². The Morgan fingerprint density at radius 2 is 1.92 bits per heavy atom. The van der Waals surface area contributed by atoms with Gasteiger partial charge in [0.2, 0.25) is 0 Å². The second kappa shape index (κ2) is 10.8. The lowest BCUT2D eigenvalue weighted by molar-refractivity contribution is -0.0466. The van der Waals surface area contributed by atoms with Gasteiger partial charge < -0.3 is 30.2 Å². The van der Waals surface area contributed by atoms with Gasteiger partial charge in [-0.2, -0.15) is 0 Å². The van der Waals surface area contributed by atoms with Gasteiger partial charge in [-0.15, -0.1) is 0 Å². The number of nitrogen functional groups attached to an aromatic ring is 1. The van der Waals surface area contributed by atoms with Gasteiger partial charge in [0.25, 0.3) is 0 Å². The van der Waals surface area contributed by atoms with E-state index < -0.39 is 24.5 Å². The number of aryl methyl sites for hydroxylation is 1. The third-order valence-corrected chi connectivity index (χ3v) is 7.80. The van der Waals surface area contributed by atoms with Crippen molar-refractivity contribution < 1.29 is 14.9 Å². The molecule has 1 saturated heterocycles. The van der Waals surface area contributed by atoms with Crippen LogP contribution in [0.1, 0.15) is 65.1 Å². The zero-order valence-electron chi connectivity index (χ0n) is 23.5. The number of aliphatic hydroxyl groups excluding tert-OH is 2. The SMILES string of the molecule is CC(C)N(CCCCc1nc2ccc(C(C)(C)C)cc2[nH]1)CC1OC(n2ccc3c(N)ncnc32)C(O)C1O. The average molecular weight is 536 g/mol. The highest BCUT2D eigenvalue weighted by Gasteiger charge is 2.44. The van der Waals surface area contributed by atoms with Gasteiger partial charge in [-0.25, -0.2) is 15.0 Å². The van der Waals surface area contributed by atoms with Crippen LogP contribution < -0.4 is 5.73 Å². The number of aromatic amines is 1. The Kier molecular flexibility index (Phi) is 7.65. The summed E-state index contributed by atoms with van der Waals surface area (Å²) in [6, 6.07) is 8.53. The molecule has 1 aromatic carbocycles. The standard InChI is InChI=1S/C29H41N7O3/c1-17(2)35(12-7-6-8-23-33-20-10-9-18(29(3,4)5)14-21(20)34-23)15-22-24(37)25(38)28(39-22)36-13-11-19-26(30)31-16-32-27(19)36/h9-11,13-14,16-17,22,24-25,28,37-38H,6-8,12,15H2,1-5H3,(H,33,34)(H2,30,31,32). The van der Waals surface area contributed by atoms with Crippen molar-refractivity contribution in [2.75, 3.05) is 18.8 Å². The molecule has 10 heteroatoms. The maximum absolute atomic E-state index is 10.9. The van der Waals surface area contributed by atoms with Gasteiger partial charge in [0.05, 0.1) is 16.4 Å². The van der Waals surface area contributed by atoms with Crippen molar-refractivity contribution in [1.82, 2.24) is 29.4 Å². The van der Waals surface area contributed by atoms with Crippen molar-refractivity contribution in [3.63, 3.8) is 0 Å². The maximum atomic E-state index is 10.9. The first-order chi connectivity index (χ1) is 18.5. The van der Waals surface area contributed by atoms with Crippen LogP contribution in [0.4, 0.5) is 5.82 Å². The third-order valence-electron chi connectivity index (χ3n) is 7.80. The summed E-state index contributed by atoms with van der Waals surface area (Å²) in [5.41, 5.74) is 10.0. The van der Waals surface area contributed by atoms with E-state index in [1.165, 1.54) is 11.9 Å². The molecule has 210 valence electrons. The van der Waals surface area contributed by atoms with Crippen molar-refractivity contribution in [2.24, 2.45) is 0 Å². The molecule has 4 heterocycles. The molecule has 0 bridgehead atoms. The molecule has 1 aliphatic rings. The predicted molar refractivity (Wildman–Crippen MR) is 152 cm³/mol. The molecule has 3 aromatic heterocycles. The van der Waals surface area contributed by atoms with Crippen molar-refractivity contribution in [1.29, 1.82) is 0 Å². The minimum Gasteiger partial charge on any atom is -0.387 e. The van der Waals surface area contributed by atoms with Crippen molar-refractivity contribution in [3.05, 3.63) is 48.2 Å². The highest BCUT2D eigenvalue weighted by Crippen LogP contribution is 2.33. The lowest BCUT2D eigenvalue weighted by atomic mass is 9.87. The van der Waals surface area contributed by atoms with E-state index >= 15 is 0 Å². The number of imidazole rings is 1. The molecule has 4 unspecified atom stereocenters. The predicted octanol–water partition coefficient (Wildman–Crippen LogP) is 3.54. The lowest BCUT2D eigenvalue weighted by Crippen LogP contribution is -2.43. The molecule has 5 N–H and O–H groups in total. The Morgan fingerprint density at radius 1 is 1.13 bits per heavy atom. The maximum Gasteiger partial charge on any atom is 0.164 e. The minimum absolute atomic E-state index is 0.102. The van der Waals surface area contributed by atoms with Crippen molar-refractivity contribution in [2.45, 2.75) is 89.9 Å². The molecule has 39 heavy (non-hydrogen) atoms. The van der Waals surface area contributed by atoms with Crippen LogP contribution in [0.3, 0.4) is 0 Å². The van der Waals surface area contributed by atoms with Gasteiger partial charge in [-0.05, 0) is 62.4 Å². The zero-order valence-corrected chi connectivity index (χ0v) is 23.5. The summed E-state index contributed by atoms with van der Waals surface area (Å²) in [6.07, 6.45) is 2.62. The van der Waals surface area contributed by atoms with Gasteiger partial charge in [-0.3, -0.25) is 4.90 Å². The molecule has 0 amide bonds. The summed E-state index contributed by atoms with van der Waals surface area (Å²) in [5, 5.41) is 22.4. The number of nitrogens with one attached hydrogen (secondary N) is 1. The lowest BCUT2D eigenvalue weighted by Gasteiger charge is -2.30. The molecule has 4 atom stereocenters. The number of anilines is 1. The first-order valence-corrected chi connectivity index (χ1v) is 13.8. The van der Waals surface area contributed by atoms with E-state index in [9.17, 15) is 10.2 Å². The molecular weight excluding hydrogens is 494 g/mol. The van der Waals surface area contributed by atoms with Crippen LogP contribution in [0.2, 0.25) is 0 Å². The molecule has 0 saturated carbocycles. The van der Waals surface area contributed by atoms with Crippen LogP contribution in [0.25, 0.3) is 22.1 Å². The number of benzene rings is 1. The summed E-state index contributed by atoms with van der Waals surface area (Å²) in [6.45, 7) is 12.3. The molecule has 0 aliphatic carbocycles. The Balaban J connectivity index is 1.18. The molecule has 0 radical (unpaired) electrons. The number of hydrogen-bond acceptors (Lipinski definition) is 8. The number of aliphatic hydroxyl groups is 2. The molecule has 10 nitrogen and oxygen atoms in total. The van der Waals surface area contributed by atoms with E-state index in [-0.39, 0.29) is 11.5 Å². The first-order valence-electron chi connectivity index (χ1n) is 13.8. The Morgan fingerprint density at radius 3 is 2.67 bits per heavy atom. The molecule has 5 rings (SSSR count). The molecule has 1 fully saturated rings. The molecule has 1 aliphatic heterocycles. The zero-order chi connectivity index (χ0) is 27.9. The van der Waals surface area contributed by atoms with Gasteiger partial charge >= 0.3 is 0 Å². The van der Waals surface area contributed by atoms with E-state index in [1.54, 1.807) is 16.8 Å².